The van der Waals surface area contributed by atoms with Crippen molar-refractivity contribution in [3.05, 3.63) is 41.8 Å². The molecule has 0 saturated carbocycles. The number of halogens is 1. The van der Waals surface area contributed by atoms with Crippen LogP contribution >= 0.6 is 0 Å². The summed E-state index contributed by atoms with van der Waals surface area (Å²) in [5.74, 6) is 0.914. The number of carbonyl (C=O) groups excluding carboxylic acids is 1. The minimum atomic E-state index is -0.462. The molecule has 0 spiro atoms. The van der Waals surface area contributed by atoms with E-state index in [2.05, 4.69) is 15.5 Å². The lowest BCUT2D eigenvalue weighted by molar-refractivity contribution is 0.0830. The molecule has 3 heterocycles. The van der Waals surface area contributed by atoms with Crippen LogP contribution in [0, 0.1) is 5.82 Å². The number of aromatic nitrogens is 2. The van der Waals surface area contributed by atoms with Gasteiger partial charge in [0, 0.05) is 25.7 Å². The highest BCUT2D eigenvalue weighted by molar-refractivity contribution is 5.89. The van der Waals surface area contributed by atoms with Crippen LogP contribution in [-0.2, 0) is 4.74 Å². The SMILES string of the molecule is O=C(Nc1ccccc1F)N1CCCC1c1nc(C2CCOCC2)no1. The van der Waals surface area contributed by atoms with Crippen LogP contribution in [0.2, 0.25) is 0 Å². The highest BCUT2D eigenvalue weighted by atomic mass is 19.1. The van der Waals surface area contributed by atoms with Gasteiger partial charge in [-0.15, -0.1) is 0 Å². The van der Waals surface area contributed by atoms with Crippen molar-refractivity contribution in [1.29, 1.82) is 0 Å². The van der Waals surface area contributed by atoms with Crippen molar-refractivity contribution >= 4 is 11.7 Å². The number of urea groups is 1. The number of nitrogens with zero attached hydrogens (tertiary/aromatic N) is 3. The Bertz CT molecular complexity index is 775. The van der Waals surface area contributed by atoms with Crippen molar-refractivity contribution in [2.75, 3.05) is 25.1 Å². The molecule has 1 aromatic carbocycles. The Hall–Kier alpha value is -2.48. The van der Waals surface area contributed by atoms with Gasteiger partial charge in [0.15, 0.2) is 5.82 Å². The molecule has 0 radical (unpaired) electrons. The molecule has 0 aliphatic carbocycles. The number of carbonyl (C=O) groups is 1. The molecule has 2 fully saturated rings. The van der Waals surface area contributed by atoms with Crippen molar-refractivity contribution in [2.24, 2.45) is 0 Å². The summed E-state index contributed by atoms with van der Waals surface area (Å²) in [5, 5.41) is 6.74. The number of nitrogens with one attached hydrogen (secondary N) is 1. The molecule has 1 aromatic heterocycles. The van der Waals surface area contributed by atoms with Crippen LogP contribution in [0.1, 0.15) is 49.4 Å². The van der Waals surface area contributed by atoms with Crippen LogP contribution in [0.5, 0.6) is 0 Å². The van der Waals surface area contributed by atoms with Gasteiger partial charge in [0.2, 0.25) is 5.89 Å². The molecule has 1 unspecified atom stereocenters. The second-order valence-corrected chi connectivity index (χ2v) is 6.64. The number of likely N-dealkylation sites (tertiary alicyclic amines) is 1. The predicted octanol–water partition coefficient (Wildman–Crippen LogP) is 3.47. The quantitative estimate of drug-likeness (QED) is 0.906. The smallest absolute Gasteiger partial charge is 0.322 e. The fourth-order valence-electron chi connectivity index (χ4n) is 3.52. The van der Waals surface area contributed by atoms with Gasteiger partial charge in [0.25, 0.3) is 0 Å². The number of amides is 2. The zero-order valence-corrected chi connectivity index (χ0v) is 14.4. The first kappa shape index (κ1) is 17.0. The van der Waals surface area contributed by atoms with E-state index in [1.807, 2.05) is 0 Å². The number of ether oxygens (including phenoxy) is 1. The van der Waals surface area contributed by atoms with Gasteiger partial charge in [-0.2, -0.15) is 4.98 Å². The lowest BCUT2D eigenvalue weighted by atomic mass is 10.00. The first-order chi connectivity index (χ1) is 12.7. The Morgan fingerprint density at radius 2 is 2.04 bits per heavy atom. The average molecular weight is 360 g/mol. The van der Waals surface area contributed by atoms with Gasteiger partial charge in [-0.3, -0.25) is 0 Å². The third-order valence-corrected chi connectivity index (χ3v) is 4.96. The largest absolute Gasteiger partial charge is 0.381 e. The van der Waals surface area contributed by atoms with E-state index in [0.717, 1.165) is 25.7 Å². The normalized spacial score (nSPS) is 21.1. The highest BCUT2D eigenvalue weighted by Gasteiger charge is 2.35. The number of para-hydroxylation sites is 1. The van der Waals surface area contributed by atoms with E-state index < -0.39 is 5.82 Å². The van der Waals surface area contributed by atoms with E-state index in [-0.39, 0.29) is 23.7 Å². The summed E-state index contributed by atoms with van der Waals surface area (Å²) in [6, 6.07) is 5.48. The summed E-state index contributed by atoms with van der Waals surface area (Å²) in [5.41, 5.74) is 0.163. The Morgan fingerprint density at radius 3 is 2.85 bits per heavy atom. The van der Waals surface area contributed by atoms with Gasteiger partial charge in [0.05, 0.1) is 5.69 Å². The molecule has 1 N–H and O–H groups in total. The number of hydrogen-bond acceptors (Lipinski definition) is 5. The molecule has 2 aromatic rings. The summed E-state index contributed by atoms with van der Waals surface area (Å²) >= 11 is 0. The summed E-state index contributed by atoms with van der Waals surface area (Å²) in [6.45, 7) is 1.98. The fourth-order valence-corrected chi connectivity index (χ4v) is 3.52. The van der Waals surface area contributed by atoms with Crippen molar-refractivity contribution in [3.63, 3.8) is 0 Å². The Kier molecular flexibility index (Phi) is 4.83. The molecule has 2 saturated heterocycles. The zero-order chi connectivity index (χ0) is 17.9. The van der Waals surface area contributed by atoms with Gasteiger partial charge in [-0.1, -0.05) is 17.3 Å². The summed E-state index contributed by atoms with van der Waals surface area (Å²) in [7, 11) is 0. The molecule has 2 amide bonds. The molecule has 8 heteroatoms. The number of rotatable bonds is 3. The topological polar surface area (TPSA) is 80.5 Å². The summed E-state index contributed by atoms with van der Waals surface area (Å²) < 4.78 is 24.6. The third kappa shape index (κ3) is 3.41. The maximum atomic E-state index is 13.8. The van der Waals surface area contributed by atoms with Gasteiger partial charge < -0.3 is 19.5 Å². The van der Waals surface area contributed by atoms with E-state index in [0.29, 0.717) is 31.5 Å². The van der Waals surface area contributed by atoms with Gasteiger partial charge >= 0.3 is 6.03 Å². The lowest BCUT2D eigenvalue weighted by Gasteiger charge is -2.22. The van der Waals surface area contributed by atoms with Gasteiger partial charge in [-0.25, -0.2) is 9.18 Å². The Morgan fingerprint density at radius 1 is 1.23 bits per heavy atom. The monoisotopic (exact) mass is 360 g/mol. The highest BCUT2D eigenvalue weighted by Crippen LogP contribution is 2.33. The predicted molar refractivity (Wildman–Crippen MR) is 91.2 cm³/mol. The van der Waals surface area contributed by atoms with Crippen LogP contribution in [0.25, 0.3) is 0 Å². The fraction of sp³-hybridized carbons (Fsp3) is 0.500. The van der Waals surface area contributed by atoms with Crippen LogP contribution in [0.4, 0.5) is 14.9 Å². The molecule has 7 nitrogen and oxygen atoms in total. The van der Waals surface area contributed by atoms with E-state index in [4.69, 9.17) is 9.26 Å². The standard InChI is InChI=1S/C18H21FN4O3/c19-13-4-1-2-5-14(13)20-18(24)23-9-3-6-15(23)17-21-16(22-26-17)12-7-10-25-11-8-12/h1-2,4-5,12,15H,3,6-11H2,(H,20,24). The Labute approximate surface area is 150 Å². The molecule has 0 bridgehead atoms. The minimum Gasteiger partial charge on any atom is -0.381 e. The van der Waals surface area contributed by atoms with Crippen molar-refractivity contribution in [2.45, 2.75) is 37.6 Å². The maximum Gasteiger partial charge on any atom is 0.322 e. The molecule has 2 aliphatic rings. The van der Waals surface area contributed by atoms with Crippen molar-refractivity contribution in [1.82, 2.24) is 15.0 Å². The first-order valence-corrected chi connectivity index (χ1v) is 8.96. The molecule has 26 heavy (non-hydrogen) atoms. The molecule has 4 rings (SSSR count). The minimum absolute atomic E-state index is 0.163. The Balaban J connectivity index is 1.47. The van der Waals surface area contributed by atoms with E-state index >= 15 is 0 Å². The van der Waals surface area contributed by atoms with Crippen molar-refractivity contribution in [3.8, 4) is 0 Å². The van der Waals surface area contributed by atoms with Crippen LogP contribution < -0.4 is 5.32 Å². The van der Waals surface area contributed by atoms with E-state index in [1.165, 1.54) is 12.1 Å². The molecule has 1 atom stereocenters. The van der Waals surface area contributed by atoms with Crippen LogP contribution in [0.15, 0.2) is 28.8 Å². The second-order valence-electron chi connectivity index (χ2n) is 6.64. The summed E-state index contributed by atoms with van der Waals surface area (Å²) in [4.78, 5) is 18.8. The van der Waals surface area contributed by atoms with E-state index in [1.54, 1.807) is 17.0 Å². The third-order valence-electron chi connectivity index (χ3n) is 4.96. The second kappa shape index (κ2) is 7.41. The summed E-state index contributed by atoms with van der Waals surface area (Å²) in [6.07, 6.45) is 3.34. The van der Waals surface area contributed by atoms with E-state index in [9.17, 15) is 9.18 Å². The van der Waals surface area contributed by atoms with Gasteiger partial charge in [0.1, 0.15) is 11.9 Å². The first-order valence-electron chi connectivity index (χ1n) is 8.96. The lowest BCUT2D eigenvalue weighted by Crippen LogP contribution is -2.34. The zero-order valence-electron chi connectivity index (χ0n) is 14.4. The number of anilines is 1. The number of hydrogen-bond donors (Lipinski definition) is 1. The molecular formula is C18H21FN4O3. The van der Waals surface area contributed by atoms with Crippen LogP contribution in [0.3, 0.4) is 0 Å². The molecular weight excluding hydrogens is 339 g/mol. The number of benzene rings is 1. The van der Waals surface area contributed by atoms with Crippen LogP contribution in [-0.4, -0.2) is 40.8 Å². The molecule has 138 valence electrons. The maximum absolute atomic E-state index is 13.8. The van der Waals surface area contributed by atoms with Crippen molar-refractivity contribution < 1.29 is 18.4 Å². The van der Waals surface area contributed by atoms with Gasteiger partial charge in [-0.05, 0) is 37.8 Å². The molecule has 2 aliphatic heterocycles. The average Bonchev–Trinajstić information content (AvgIpc) is 3.33.